The third kappa shape index (κ3) is 1.75. The van der Waals surface area contributed by atoms with Gasteiger partial charge in [0.05, 0.1) is 0 Å². The summed E-state index contributed by atoms with van der Waals surface area (Å²) in [6.45, 7) is 7.02. The molecule has 1 aromatic carbocycles. The number of hydrogen-bond acceptors (Lipinski definition) is 1. The van der Waals surface area contributed by atoms with Gasteiger partial charge < -0.3 is 4.90 Å². The standard InChI is InChI=1S/C14H21N/c1-10(2)14-11(3)9-12-7-5-6-8-13(12)15(14)4/h5-8,10-11,14H,9H2,1-4H3. The summed E-state index contributed by atoms with van der Waals surface area (Å²) < 4.78 is 0. The fourth-order valence-corrected chi connectivity index (χ4v) is 3.14. The summed E-state index contributed by atoms with van der Waals surface area (Å²) in [5.41, 5.74) is 2.93. The molecule has 2 atom stereocenters. The summed E-state index contributed by atoms with van der Waals surface area (Å²) in [6, 6.07) is 9.48. The molecule has 1 nitrogen and oxygen atoms in total. The topological polar surface area (TPSA) is 3.24 Å². The second-order valence-corrected chi connectivity index (χ2v) is 5.16. The highest BCUT2D eigenvalue weighted by atomic mass is 15.2. The van der Waals surface area contributed by atoms with Crippen molar-refractivity contribution >= 4 is 5.69 Å². The molecule has 0 spiro atoms. The largest absolute Gasteiger partial charge is 0.371 e. The van der Waals surface area contributed by atoms with Crippen LogP contribution >= 0.6 is 0 Å². The summed E-state index contributed by atoms with van der Waals surface area (Å²) in [5.74, 6) is 1.48. The molecule has 0 fully saturated rings. The average Bonchev–Trinajstić information content (AvgIpc) is 2.17. The first-order chi connectivity index (χ1) is 7.11. The van der Waals surface area contributed by atoms with Gasteiger partial charge in [0.25, 0.3) is 0 Å². The lowest BCUT2D eigenvalue weighted by Crippen LogP contribution is -2.45. The fraction of sp³-hybridized carbons (Fsp3) is 0.571. The smallest absolute Gasteiger partial charge is 0.0398 e. The van der Waals surface area contributed by atoms with E-state index in [0.29, 0.717) is 6.04 Å². The Bertz CT molecular complexity index is 343. The van der Waals surface area contributed by atoms with Crippen LogP contribution in [0.2, 0.25) is 0 Å². The molecule has 1 aliphatic rings. The zero-order valence-electron chi connectivity index (χ0n) is 10.2. The minimum Gasteiger partial charge on any atom is -0.371 e. The summed E-state index contributed by atoms with van der Waals surface area (Å²) in [6.07, 6.45) is 1.23. The van der Waals surface area contributed by atoms with E-state index in [4.69, 9.17) is 0 Å². The van der Waals surface area contributed by atoms with Crippen LogP contribution in [0.15, 0.2) is 24.3 Å². The van der Waals surface area contributed by atoms with Gasteiger partial charge in [0, 0.05) is 18.8 Å². The first-order valence-corrected chi connectivity index (χ1v) is 5.92. The Balaban J connectivity index is 2.38. The summed E-state index contributed by atoms with van der Waals surface area (Å²) in [7, 11) is 2.24. The Hall–Kier alpha value is -0.980. The maximum absolute atomic E-state index is 2.47. The Kier molecular flexibility index (Phi) is 2.72. The first-order valence-electron chi connectivity index (χ1n) is 5.92. The average molecular weight is 203 g/mol. The third-order valence-electron chi connectivity index (χ3n) is 3.63. The van der Waals surface area contributed by atoms with Crippen molar-refractivity contribution in [2.24, 2.45) is 11.8 Å². The highest BCUT2D eigenvalue weighted by Gasteiger charge is 2.30. The highest BCUT2D eigenvalue weighted by Crippen LogP contribution is 2.35. The van der Waals surface area contributed by atoms with E-state index < -0.39 is 0 Å². The molecule has 1 aliphatic heterocycles. The lowest BCUT2D eigenvalue weighted by Gasteiger charge is -2.42. The number of rotatable bonds is 1. The van der Waals surface area contributed by atoms with Crippen molar-refractivity contribution in [1.82, 2.24) is 0 Å². The van der Waals surface area contributed by atoms with Gasteiger partial charge in [0.2, 0.25) is 0 Å². The molecule has 0 aromatic heterocycles. The molecular weight excluding hydrogens is 182 g/mol. The van der Waals surface area contributed by atoms with E-state index in [9.17, 15) is 0 Å². The van der Waals surface area contributed by atoms with Crippen molar-refractivity contribution in [3.05, 3.63) is 29.8 Å². The molecule has 1 heteroatoms. The van der Waals surface area contributed by atoms with Gasteiger partial charge in [-0.05, 0) is 29.9 Å². The number of para-hydroxylation sites is 1. The second kappa shape index (κ2) is 3.88. The Morgan fingerprint density at radius 3 is 2.60 bits per heavy atom. The van der Waals surface area contributed by atoms with Gasteiger partial charge in [-0.25, -0.2) is 0 Å². The van der Waals surface area contributed by atoms with Crippen LogP contribution in [0.1, 0.15) is 26.3 Å². The predicted molar refractivity (Wildman–Crippen MR) is 66.3 cm³/mol. The molecule has 15 heavy (non-hydrogen) atoms. The lowest BCUT2D eigenvalue weighted by atomic mass is 9.82. The second-order valence-electron chi connectivity index (χ2n) is 5.16. The van der Waals surface area contributed by atoms with E-state index in [-0.39, 0.29) is 0 Å². The van der Waals surface area contributed by atoms with Crippen molar-refractivity contribution in [2.75, 3.05) is 11.9 Å². The van der Waals surface area contributed by atoms with E-state index in [1.54, 1.807) is 0 Å². The van der Waals surface area contributed by atoms with E-state index in [1.165, 1.54) is 17.7 Å². The molecule has 0 saturated heterocycles. The van der Waals surface area contributed by atoms with Gasteiger partial charge in [-0.15, -0.1) is 0 Å². The van der Waals surface area contributed by atoms with Crippen LogP contribution in [0.5, 0.6) is 0 Å². The molecule has 82 valence electrons. The van der Waals surface area contributed by atoms with Crippen LogP contribution in [0.3, 0.4) is 0 Å². The van der Waals surface area contributed by atoms with Crippen LogP contribution < -0.4 is 4.90 Å². The van der Waals surface area contributed by atoms with Gasteiger partial charge in [0.1, 0.15) is 0 Å². The molecule has 0 aliphatic carbocycles. The maximum atomic E-state index is 2.47. The van der Waals surface area contributed by atoms with Gasteiger partial charge in [0.15, 0.2) is 0 Å². The lowest BCUT2D eigenvalue weighted by molar-refractivity contribution is 0.335. The first kappa shape index (κ1) is 10.5. The number of anilines is 1. The van der Waals surface area contributed by atoms with E-state index >= 15 is 0 Å². The molecule has 0 bridgehead atoms. The van der Waals surface area contributed by atoms with Crippen LogP contribution in [-0.4, -0.2) is 13.1 Å². The zero-order valence-corrected chi connectivity index (χ0v) is 10.2. The number of hydrogen-bond donors (Lipinski definition) is 0. The van der Waals surface area contributed by atoms with Crippen molar-refractivity contribution in [1.29, 1.82) is 0 Å². The summed E-state index contributed by atoms with van der Waals surface area (Å²) in [5, 5.41) is 0. The summed E-state index contributed by atoms with van der Waals surface area (Å²) >= 11 is 0. The Labute approximate surface area is 93.1 Å². The van der Waals surface area contributed by atoms with Crippen molar-refractivity contribution < 1.29 is 0 Å². The monoisotopic (exact) mass is 203 g/mol. The minimum atomic E-state index is 0.680. The molecule has 0 saturated carbocycles. The molecule has 0 amide bonds. The summed E-state index contributed by atoms with van der Waals surface area (Å²) in [4.78, 5) is 2.47. The molecule has 1 heterocycles. The predicted octanol–water partition coefficient (Wildman–Crippen LogP) is 3.34. The molecule has 2 rings (SSSR count). The SMILES string of the molecule is CC(C)C1C(C)Cc2ccccc2N1C. The van der Waals surface area contributed by atoms with E-state index in [0.717, 1.165) is 11.8 Å². The van der Waals surface area contributed by atoms with E-state index in [1.807, 2.05) is 0 Å². The third-order valence-corrected chi connectivity index (χ3v) is 3.63. The molecule has 2 unspecified atom stereocenters. The minimum absolute atomic E-state index is 0.680. The van der Waals surface area contributed by atoms with Crippen molar-refractivity contribution in [2.45, 2.75) is 33.2 Å². The van der Waals surface area contributed by atoms with Crippen molar-refractivity contribution in [3.8, 4) is 0 Å². The normalized spacial score (nSPS) is 25.5. The molecule has 1 aromatic rings. The van der Waals surface area contributed by atoms with E-state index in [2.05, 4.69) is 57.0 Å². The number of benzene rings is 1. The van der Waals surface area contributed by atoms with Gasteiger partial charge in [-0.1, -0.05) is 39.0 Å². The fourth-order valence-electron chi connectivity index (χ4n) is 3.14. The van der Waals surface area contributed by atoms with Crippen LogP contribution in [0, 0.1) is 11.8 Å². The van der Waals surface area contributed by atoms with Gasteiger partial charge in [-0.2, -0.15) is 0 Å². The van der Waals surface area contributed by atoms with Gasteiger partial charge in [-0.3, -0.25) is 0 Å². The Morgan fingerprint density at radius 1 is 1.27 bits per heavy atom. The number of nitrogens with zero attached hydrogens (tertiary/aromatic N) is 1. The Morgan fingerprint density at radius 2 is 1.93 bits per heavy atom. The molecular formula is C14H21N. The van der Waals surface area contributed by atoms with Crippen LogP contribution in [-0.2, 0) is 6.42 Å². The zero-order chi connectivity index (χ0) is 11.0. The quantitative estimate of drug-likeness (QED) is 0.676. The highest BCUT2D eigenvalue weighted by molar-refractivity contribution is 5.56. The van der Waals surface area contributed by atoms with Crippen LogP contribution in [0.4, 0.5) is 5.69 Å². The number of fused-ring (bicyclic) bond motifs is 1. The van der Waals surface area contributed by atoms with Gasteiger partial charge >= 0.3 is 0 Å². The van der Waals surface area contributed by atoms with Crippen LogP contribution in [0.25, 0.3) is 0 Å². The van der Waals surface area contributed by atoms with Crippen molar-refractivity contribution in [3.63, 3.8) is 0 Å². The maximum Gasteiger partial charge on any atom is 0.0398 e. The molecule has 0 radical (unpaired) electrons. The molecule has 0 N–H and O–H groups in total.